The van der Waals surface area contributed by atoms with Gasteiger partial charge in [0.2, 0.25) is 6.79 Å². The van der Waals surface area contributed by atoms with Gasteiger partial charge in [-0.05, 0) is 43.2 Å². The first-order valence-electron chi connectivity index (χ1n) is 8.44. The molecule has 2 aliphatic heterocycles. The average Bonchev–Trinajstić information content (AvgIpc) is 2.96. The van der Waals surface area contributed by atoms with Crippen molar-refractivity contribution < 1.29 is 14.3 Å². The van der Waals surface area contributed by atoms with Gasteiger partial charge >= 0.3 is 0 Å². The molecule has 0 saturated carbocycles. The van der Waals surface area contributed by atoms with E-state index < -0.39 is 0 Å². The van der Waals surface area contributed by atoms with Gasteiger partial charge in [-0.1, -0.05) is 6.07 Å². The highest BCUT2D eigenvalue weighted by molar-refractivity contribution is 7.99. The zero-order valence-electron chi connectivity index (χ0n) is 14.1. The first-order chi connectivity index (χ1) is 12.2. The average molecular weight is 356 g/mol. The first-order valence-corrected chi connectivity index (χ1v) is 9.49. The molecule has 1 amide bonds. The fourth-order valence-electron chi connectivity index (χ4n) is 3.23. The summed E-state index contributed by atoms with van der Waals surface area (Å²) in [6.07, 6.45) is 2.65. The maximum Gasteiger partial charge on any atom is 0.255 e. The van der Waals surface area contributed by atoms with Crippen LogP contribution in [0.5, 0.6) is 11.5 Å². The quantitative estimate of drug-likeness (QED) is 0.825. The summed E-state index contributed by atoms with van der Waals surface area (Å²) >= 11 is 1.90. The molecule has 1 aromatic heterocycles. The fraction of sp³-hybridized carbons (Fsp3) is 0.368. The second-order valence-electron chi connectivity index (χ2n) is 6.19. The van der Waals surface area contributed by atoms with Crippen molar-refractivity contribution in [2.75, 3.05) is 25.6 Å². The zero-order chi connectivity index (χ0) is 17.2. The van der Waals surface area contributed by atoms with Gasteiger partial charge in [-0.25, -0.2) is 0 Å². The molecule has 1 fully saturated rings. The van der Waals surface area contributed by atoms with E-state index in [9.17, 15) is 4.79 Å². The van der Waals surface area contributed by atoms with Gasteiger partial charge in [0, 0.05) is 36.0 Å². The normalized spacial score (nSPS) is 19.6. The number of hydrogen-bond acceptors (Lipinski definition) is 5. The molecule has 2 aromatic rings. The van der Waals surface area contributed by atoms with Crippen LogP contribution in [0.4, 0.5) is 0 Å². The van der Waals surface area contributed by atoms with Crippen LogP contribution in [0.3, 0.4) is 0 Å². The first kappa shape index (κ1) is 16.3. The Kier molecular flexibility index (Phi) is 4.53. The van der Waals surface area contributed by atoms with E-state index in [4.69, 9.17) is 9.47 Å². The zero-order valence-corrected chi connectivity index (χ0v) is 14.9. The molecule has 25 heavy (non-hydrogen) atoms. The third kappa shape index (κ3) is 3.31. The molecule has 6 heteroatoms. The SMILES string of the molecule is Cc1ncccc1C(=O)N1CCSC(c2ccc3c(c2)OCO3)CC1. The Hall–Kier alpha value is -2.21. The number of amides is 1. The van der Waals surface area contributed by atoms with Gasteiger partial charge in [0.25, 0.3) is 5.91 Å². The molecule has 4 rings (SSSR count). The molecule has 0 N–H and O–H groups in total. The largest absolute Gasteiger partial charge is 0.454 e. The van der Waals surface area contributed by atoms with E-state index in [1.54, 1.807) is 6.20 Å². The number of aryl methyl sites for hydroxylation is 1. The minimum atomic E-state index is 0.0811. The van der Waals surface area contributed by atoms with Crippen LogP contribution in [0, 0.1) is 6.92 Å². The molecule has 0 radical (unpaired) electrons. The second-order valence-corrected chi connectivity index (χ2v) is 7.50. The van der Waals surface area contributed by atoms with E-state index >= 15 is 0 Å². The Labute approximate surface area is 151 Å². The highest BCUT2D eigenvalue weighted by Gasteiger charge is 2.25. The Bertz CT molecular complexity index is 796. The minimum absolute atomic E-state index is 0.0811. The molecular weight excluding hydrogens is 336 g/mol. The van der Waals surface area contributed by atoms with Crippen LogP contribution < -0.4 is 9.47 Å². The Morgan fingerprint density at radius 2 is 2.12 bits per heavy atom. The molecule has 1 unspecified atom stereocenters. The van der Waals surface area contributed by atoms with E-state index in [2.05, 4.69) is 17.1 Å². The maximum atomic E-state index is 12.8. The Morgan fingerprint density at radius 3 is 3.00 bits per heavy atom. The molecule has 3 heterocycles. The van der Waals surface area contributed by atoms with Crippen LogP contribution in [0.15, 0.2) is 36.5 Å². The fourth-order valence-corrected chi connectivity index (χ4v) is 4.45. The summed E-state index contributed by atoms with van der Waals surface area (Å²) < 4.78 is 10.9. The van der Waals surface area contributed by atoms with Crippen LogP contribution in [0.1, 0.15) is 33.3 Å². The number of ether oxygens (including phenoxy) is 2. The number of thioether (sulfide) groups is 1. The third-order valence-electron chi connectivity index (χ3n) is 4.63. The van der Waals surface area contributed by atoms with Crippen LogP contribution in [0.2, 0.25) is 0 Å². The van der Waals surface area contributed by atoms with Crippen molar-refractivity contribution in [2.45, 2.75) is 18.6 Å². The lowest BCUT2D eigenvalue weighted by Crippen LogP contribution is -2.33. The molecule has 0 spiro atoms. The summed E-state index contributed by atoms with van der Waals surface area (Å²) in [5, 5.41) is 0.363. The van der Waals surface area contributed by atoms with Crippen LogP contribution in [-0.2, 0) is 0 Å². The standard InChI is InChI=1S/C19H20N2O3S/c1-13-15(3-2-7-20-13)19(22)21-8-6-18(25-10-9-21)14-4-5-16-17(11-14)24-12-23-16/h2-5,7,11,18H,6,8-10,12H2,1H3. The van der Waals surface area contributed by atoms with Crippen molar-refractivity contribution in [1.82, 2.24) is 9.88 Å². The molecule has 1 saturated heterocycles. The summed E-state index contributed by atoms with van der Waals surface area (Å²) in [7, 11) is 0. The Balaban J connectivity index is 1.47. The molecule has 2 aliphatic rings. The van der Waals surface area contributed by atoms with E-state index in [1.165, 1.54) is 5.56 Å². The Morgan fingerprint density at radius 1 is 1.24 bits per heavy atom. The highest BCUT2D eigenvalue weighted by Crippen LogP contribution is 2.40. The van der Waals surface area contributed by atoms with Gasteiger partial charge in [-0.2, -0.15) is 11.8 Å². The smallest absolute Gasteiger partial charge is 0.255 e. The second kappa shape index (κ2) is 6.96. The minimum Gasteiger partial charge on any atom is -0.454 e. The summed E-state index contributed by atoms with van der Waals surface area (Å²) in [6, 6.07) is 9.84. The molecule has 0 bridgehead atoms. The highest BCUT2D eigenvalue weighted by atomic mass is 32.2. The predicted molar refractivity (Wildman–Crippen MR) is 97.3 cm³/mol. The molecule has 5 nitrogen and oxygen atoms in total. The number of aromatic nitrogens is 1. The van der Waals surface area contributed by atoms with Crippen molar-refractivity contribution in [1.29, 1.82) is 0 Å². The topological polar surface area (TPSA) is 51.7 Å². The van der Waals surface area contributed by atoms with Crippen LogP contribution in [-0.4, -0.2) is 41.4 Å². The van der Waals surface area contributed by atoms with E-state index in [1.807, 2.05) is 41.8 Å². The number of carbonyl (C=O) groups is 1. The molecule has 1 atom stereocenters. The van der Waals surface area contributed by atoms with Crippen LogP contribution in [0.25, 0.3) is 0 Å². The van der Waals surface area contributed by atoms with Crippen molar-refractivity contribution in [2.24, 2.45) is 0 Å². The molecular formula is C19H20N2O3S. The van der Waals surface area contributed by atoms with Gasteiger partial charge in [-0.15, -0.1) is 0 Å². The lowest BCUT2D eigenvalue weighted by atomic mass is 10.1. The number of rotatable bonds is 2. The number of fused-ring (bicyclic) bond motifs is 1. The third-order valence-corrected chi connectivity index (χ3v) is 5.96. The molecule has 130 valence electrons. The predicted octanol–water partition coefficient (Wildman–Crippen LogP) is 3.44. The number of pyridine rings is 1. The van der Waals surface area contributed by atoms with E-state index in [0.29, 0.717) is 17.6 Å². The van der Waals surface area contributed by atoms with Crippen LogP contribution >= 0.6 is 11.8 Å². The van der Waals surface area contributed by atoms with Crippen molar-refractivity contribution in [3.63, 3.8) is 0 Å². The van der Waals surface area contributed by atoms with Crippen molar-refractivity contribution >= 4 is 17.7 Å². The summed E-state index contributed by atoms with van der Waals surface area (Å²) in [6.45, 7) is 3.69. The van der Waals surface area contributed by atoms with Gasteiger partial charge in [-0.3, -0.25) is 9.78 Å². The number of benzene rings is 1. The summed E-state index contributed by atoms with van der Waals surface area (Å²) in [5.74, 6) is 2.63. The molecule has 0 aliphatic carbocycles. The lowest BCUT2D eigenvalue weighted by molar-refractivity contribution is 0.0765. The number of hydrogen-bond donors (Lipinski definition) is 0. The van der Waals surface area contributed by atoms with Gasteiger partial charge in [0.15, 0.2) is 11.5 Å². The van der Waals surface area contributed by atoms with Gasteiger partial charge in [0.1, 0.15) is 0 Å². The number of carbonyl (C=O) groups excluding carboxylic acids is 1. The molecule has 1 aromatic carbocycles. The monoisotopic (exact) mass is 356 g/mol. The van der Waals surface area contributed by atoms with E-state index in [0.717, 1.165) is 42.5 Å². The number of nitrogens with zero attached hydrogens (tertiary/aromatic N) is 2. The van der Waals surface area contributed by atoms with Crippen molar-refractivity contribution in [3.05, 3.63) is 53.3 Å². The van der Waals surface area contributed by atoms with Gasteiger partial charge in [0.05, 0.1) is 5.56 Å². The lowest BCUT2D eigenvalue weighted by Gasteiger charge is -2.21. The van der Waals surface area contributed by atoms with E-state index in [-0.39, 0.29) is 5.91 Å². The van der Waals surface area contributed by atoms with Crippen molar-refractivity contribution in [3.8, 4) is 11.5 Å². The summed E-state index contributed by atoms with van der Waals surface area (Å²) in [5.41, 5.74) is 2.73. The summed E-state index contributed by atoms with van der Waals surface area (Å²) in [4.78, 5) is 19.0. The van der Waals surface area contributed by atoms with Gasteiger partial charge < -0.3 is 14.4 Å². The maximum absolute atomic E-state index is 12.8.